The number of nitrogens with zero attached hydrogens (tertiary/aromatic N) is 6. The number of nitrogens with two attached hydrogens (primary N) is 1. The van der Waals surface area contributed by atoms with Gasteiger partial charge < -0.3 is 85.3 Å². The fourth-order valence-electron chi connectivity index (χ4n) is 16.4. The van der Waals surface area contributed by atoms with Crippen molar-refractivity contribution in [3.8, 4) is 0 Å². The Morgan fingerprint density at radius 3 is 1.23 bits per heavy atom. The number of carbonyl (C=O) groups is 11. The van der Waals surface area contributed by atoms with Crippen LogP contribution in [-0.4, -0.2) is 303 Å². The molecule has 31 nitrogen and oxygen atoms in total. The molecule has 2 fully saturated rings. The molecule has 0 bridgehead atoms. The summed E-state index contributed by atoms with van der Waals surface area (Å²) in [4.78, 5) is 171. The third kappa shape index (κ3) is 30.6. The molecule has 17 atom stereocenters. The molecule has 11 amide bonds. The number of ether oxygens (including phenoxy) is 5. The van der Waals surface area contributed by atoms with Gasteiger partial charge in [-0.1, -0.05) is 143 Å². The van der Waals surface area contributed by atoms with Gasteiger partial charge in [0.05, 0.1) is 118 Å². The molecule has 2 aromatic rings. The number of hydrogen-bond acceptors (Lipinski definition) is 20. The van der Waals surface area contributed by atoms with Crippen LogP contribution in [-0.2, 0) is 94.1 Å². The van der Waals surface area contributed by atoms with Crippen LogP contribution in [0.3, 0.4) is 0 Å². The second kappa shape index (κ2) is 51.4. The summed E-state index contributed by atoms with van der Waals surface area (Å²) in [5.41, 5.74) is 1.50. The molecular formula is C84H142N14O17. The first-order chi connectivity index (χ1) is 54.7. The molecule has 4 rings (SSSR count). The van der Waals surface area contributed by atoms with Gasteiger partial charge in [0.1, 0.15) is 18.1 Å². The number of nitrogens with one attached hydrogen (secondary N) is 7. The number of amides is 11. The number of likely N-dealkylation sites (tertiary alicyclic amines) is 2. The van der Waals surface area contributed by atoms with Crippen LogP contribution in [0.4, 0.5) is 0 Å². The number of rotatable bonds is 53. The van der Waals surface area contributed by atoms with Crippen molar-refractivity contribution in [2.24, 2.45) is 41.4 Å². The largest absolute Gasteiger partial charge is 0.379 e. The maximum atomic E-state index is 14.9. The van der Waals surface area contributed by atoms with Crippen molar-refractivity contribution in [1.82, 2.24) is 66.6 Å². The minimum atomic E-state index is -1.21. The molecule has 0 saturated carbocycles. The maximum absolute atomic E-state index is 14.9. The molecule has 2 aliphatic rings. The minimum absolute atomic E-state index is 0.00259. The molecule has 650 valence electrons. The summed E-state index contributed by atoms with van der Waals surface area (Å²) in [5, 5.41) is 20.4. The van der Waals surface area contributed by atoms with E-state index in [9.17, 15) is 52.7 Å². The van der Waals surface area contributed by atoms with Crippen molar-refractivity contribution in [2.45, 2.75) is 232 Å². The molecule has 2 unspecified atom stereocenters. The molecule has 0 spiro atoms. The number of hydrogen-bond donors (Lipinski definition) is 8. The summed E-state index contributed by atoms with van der Waals surface area (Å²) < 4.78 is 29.9. The SMILES string of the molecule is CC[C@H](C)[C@@H]([C@@H](CC(=O)N1CCC[C@H]1[C@H](OC)[C@@H](C)C(=O)N[C@@H](Cc1ccccc1)C(=O)NCCCC[C@H](NC(=O)[C@H](Cc1ccccc1)NC(=O)[C@H](C)[C@@H](OC)[C@@H]1CCCN1C(=O)C[C@@H](OC)[C@H]([C@@H](C)CC)N(C)C(=O)CNC(=O)C(C(C)C)N(C)C)C(=O)NCCOCCON)OC)N(C)C(=O)CNC(=O)C(C(C)C)N(C)C. The van der Waals surface area contributed by atoms with E-state index in [2.05, 4.69) is 42.1 Å². The van der Waals surface area contributed by atoms with E-state index >= 15 is 0 Å². The monoisotopic (exact) mass is 1620 g/mol. The van der Waals surface area contributed by atoms with Crippen molar-refractivity contribution < 1.29 is 81.3 Å². The number of methoxy groups -OCH3 is 4. The van der Waals surface area contributed by atoms with E-state index in [1.54, 1.807) is 47.5 Å². The number of benzene rings is 2. The first-order valence-electron chi connectivity index (χ1n) is 41.2. The highest BCUT2D eigenvalue weighted by Crippen LogP contribution is 2.32. The molecule has 2 aliphatic heterocycles. The van der Waals surface area contributed by atoms with Gasteiger partial charge >= 0.3 is 0 Å². The standard InChI is InChI=1S/C84H142N14O17/c1-21-55(7)74(95(15)70(101)51-88-83(108)72(53(3)4)93(11)12)66(110-17)49-68(99)97-42-31-38-64(97)76(112-19)57(9)78(103)91-62(47-59-33-25-23-26-34-59)81(106)86-40-30-29-37-61(80(105)87-41-44-114-45-46-115-85)90-82(107)63(48-60-35-27-24-28-36-60)92-79(104)58(10)77(113-20)65-39-32-43-98(65)69(100)50-67(111-18)75(56(8)22-2)96(16)71(102)52-89-84(109)73(54(5)6)94(13)14/h23-28,33-36,53-58,61-67,72-77H,21-22,29-32,37-52,85H2,1-20H3,(H,86,106)(H,87,105)(H,88,108)(H,89,109)(H,90,107)(H,91,103)(H,92,104)/t55-,56-,57+,58+,61-,62-,63-,64-,65-,66+,67+,72?,73?,74-,75-,76+,77+/m0/s1. The van der Waals surface area contributed by atoms with Crippen molar-refractivity contribution in [3.05, 3.63) is 71.8 Å². The van der Waals surface area contributed by atoms with E-state index in [0.29, 0.717) is 70.0 Å². The van der Waals surface area contributed by atoms with E-state index in [0.717, 1.165) is 5.56 Å². The number of unbranched alkanes of at least 4 members (excludes halogenated alkanes) is 1. The summed E-state index contributed by atoms with van der Waals surface area (Å²) >= 11 is 0. The third-order valence-electron chi connectivity index (χ3n) is 22.9. The second-order valence-corrected chi connectivity index (χ2v) is 32.2. The summed E-state index contributed by atoms with van der Waals surface area (Å²) in [7, 11) is 16.6. The number of likely N-dealkylation sites (N-methyl/N-ethyl adjacent to an activating group) is 4. The van der Waals surface area contributed by atoms with Gasteiger partial charge in [0, 0.05) is 81.6 Å². The lowest BCUT2D eigenvalue weighted by Gasteiger charge is -2.39. The Bertz CT molecular complexity index is 3310. The zero-order valence-corrected chi connectivity index (χ0v) is 72.5. The fraction of sp³-hybridized carbons (Fsp3) is 0.726. The Balaban J connectivity index is 1.51. The molecule has 115 heavy (non-hydrogen) atoms. The van der Waals surface area contributed by atoms with Gasteiger partial charge in [-0.25, -0.2) is 5.90 Å². The minimum Gasteiger partial charge on any atom is -0.379 e. The van der Waals surface area contributed by atoms with Gasteiger partial charge in [0.2, 0.25) is 65.0 Å². The van der Waals surface area contributed by atoms with E-state index in [1.807, 2.05) is 154 Å². The predicted octanol–water partition coefficient (Wildman–Crippen LogP) is 3.48. The van der Waals surface area contributed by atoms with Crippen molar-refractivity contribution in [2.75, 3.05) is 130 Å². The van der Waals surface area contributed by atoms with Crippen LogP contribution in [0.15, 0.2) is 60.7 Å². The summed E-state index contributed by atoms with van der Waals surface area (Å²) in [6, 6.07) is 11.9. The predicted molar refractivity (Wildman–Crippen MR) is 440 cm³/mol. The average molecular weight is 1620 g/mol. The Morgan fingerprint density at radius 1 is 0.470 bits per heavy atom. The van der Waals surface area contributed by atoms with Gasteiger partial charge in [-0.05, 0) is 108 Å². The highest BCUT2D eigenvalue weighted by atomic mass is 16.6. The van der Waals surface area contributed by atoms with Gasteiger partial charge in [-0.2, -0.15) is 0 Å². The molecule has 9 N–H and O–H groups in total. The normalized spacial score (nSPS) is 18.3. The highest BCUT2D eigenvalue weighted by molar-refractivity contribution is 5.93. The topological polar surface area (TPSA) is 373 Å². The Kier molecular flexibility index (Phi) is 44.6. The highest BCUT2D eigenvalue weighted by Gasteiger charge is 2.46. The fourth-order valence-corrected chi connectivity index (χ4v) is 16.4. The zero-order chi connectivity index (χ0) is 85.8. The maximum Gasteiger partial charge on any atom is 0.243 e. The molecular weight excluding hydrogens is 1480 g/mol. The summed E-state index contributed by atoms with van der Waals surface area (Å²) in [6.07, 6.45) is 1.27. The van der Waals surface area contributed by atoms with Crippen molar-refractivity contribution >= 4 is 65.0 Å². The van der Waals surface area contributed by atoms with Crippen LogP contribution in [0.2, 0.25) is 0 Å². The second-order valence-electron chi connectivity index (χ2n) is 32.2. The molecule has 2 aromatic carbocycles. The van der Waals surface area contributed by atoms with Crippen molar-refractivity contribution in [1.29, 1.82) is 0 Å². The van der Waals surface area contributed by atoms with E-state index < -0.39 is 120 Å². The smallest absolute Gasteiger partial charge is 0.243 e. The molecule has 0 aliphatic carbocycles. The Hall–Kier alpha value is -7.75. The lowest BCUT2D eigenvalue weighted by Crippen LogP contribution is -2.57. The van der Waals surface area contributed by atoms with Crippen LogP contribution in [0, 0.1) is 35.5 Å². The third-order valence-corrected chi connectivity index (χ3v) is 22.9. The summed E-state index contributed by atoms with van der Waals surface area (Å²) in [6.45, 7) is 20.0. The average Bonchev–Trinajstić information content (AvgIpc) is 1.71. The van der Waals surface area contributed by atoms with Crippen LogP contribution in [0.5, 0.6) is 0 Å². The van der Waals surface area contributed by atoms with E-state index in [4.69, 9.17) is 29.6 Å². The molecule has 0 aromatic heterocycles. The van der Waals surface area contributed by atoms with E-state index in [-0.39, 0.29) is 137 Å². The van der Waals surface area contributed by atoms with Crippen LogP contribution in [0.25, 0.3) is 0 Å². The van der Waals surface area contributed by atoms with Gasteiger partial charge in [0.15, 0.2) is 0 Å². The van der Waals surface area contributed by atoms with Crippen molar-refractivity contribution in [3.63, 3.8) is 0 Å². The van der Waals surface area contributed by atoms with Crippen LogP contribution in [0.1, 0.15) is 151 Å². The molecule has 0 radical (unpaired) electrons. The lowest BCUT2D eigenvalue weighted by molar-refractivity contribution is -0.146. The molecule has 2 saturated heterocycles. The first-order valence-corrected chi connectivity index (χ1v) is 41.2. The van der Waals surface area contributed by atoms with Gasteiger partial charge in [-0.3, -0.25) is 62.5 Å². The van der Waals surface area contributed by atoms with Gasteiger partial charge in [-0.15, -0.1) is 0 Å². The molecule has 2 heterocycles. The Labute approximate surface area is 684 Å². The number of carbonyl (C=O) groups excluding carboxylic acids is 11. The summed E-state index contributed by atoms with van der Waals surface area (Å²) in [5.74, 6) is -1.16. The van der Waals surface area contributed by atoms with Crippen LogP contribution >= 0.6 is 0 Å². The first kappa shape index (κ1) is 99.6. The zero-order valence-electron chi connectivity index (χ0n) is 72.5. The lowest BCUT2D eigenvalue weighted by atomic mass is 9.90. The Morgan fingerprint density at radius 2 is 0.861 bits per heavy atom. The van der Waals surface area contributed by atoms with Crippen LogP contribution < -0.4 is 43.1 Å². The van der Waals surface area contributed by atoms with E-state index in [1.165, 1.54) is 28.4 Å². The van der Waals surface area contributed by atoms with Gasteiger partial charge in [0.25, 0.3) is 0 Å². The molecule has 31 heteroatoms. The quantitative estimate of drug-likeness (QED) is 0.0347.